The largest absolute Gasteiger partial charge is 0.508 e. The minimum absolute atomic E-state index is 0.230. The second-order valence-corrected chi connectivity index (χ2v) is 9.04. The van der Waals surface area contributed by atoms with Crippen LogP contribution in [0, 0.1) is 5.82 Å². The smallest absolute Gasteiger partial charge is 0.273 e. The highest BCUT2D eigenvalue weighted by Gasteiger charge is 2.09. The first kappa shape index (κ1) is 15.4. The van der Waals surface area contributed by atoms with Crippen molar-refractivity contribution in [1.29, 1.82) is 0 Å². The molecule has 1 nitrogen and oxygen atoms in total. The molecule has 2 rings (SSSR count). The van der Waals surface area contributed by atoms with E-state index in [-0.39, 0.29) is 11.6 Å². The Bertz CT molecular complexity index is 573. The van der Waals surface area contributed by atoms with Gasteiger partial charge in [-0.25, -0.2) is 4.39 Å². The highest BCUT2D eigenvalue weighted by molar-refractivity contribution is 7.33. The summed E-state index contributed by atoms with van der Waals surface area (Å²) in [7, 11) is -1.26. The van der Waals surface area contributed by atoms with E-state index in [1.165, 1.54) is 12.1 Å². The van der Waals surface area contributed by atoms with Crippen molar-refractivity contribution in [1.82, 2.24) is 0 Å². The predicted octanol–water partition coefficient (Wildman–Crippen LogP) is 5.10. The average molecular weight is 328 g/mol. The first-order chi connectivity index (χ1) is 9.56. The molecule has 0 atom stereocenters. The van der Waals surface area contributed by atoms with Crippen molar-refractivity contribution in [3.05, 3.63) is 53.8 Å². The van der Waals surface area contributed by atoms with Crippen molar-refractivity contribution in [2.45, 2.75) is 18.9 Å². The molecule has 0 amide bonds. The standard InChI is InChI=1S/C15H14Cl2FOSi/c16-20(17)9-1-2-12-10-14(19)7-8-15(12)11-3-5-13(18)6-4-11/h3-8,10,19H,1-2,9H2. The van der Waals surface area contributed by atoms with Crippen molar-refractivity contribution in [3.63, 3.8) is 0 Å². The average Bonchev–Trinajstić information content (AvgIpc) is 2.40. The molecule has 0 aliphatic carbocycles. The van der Waals surface area contributed by atoms with Crippen LogP contribution in [0.3, 0.4) is 0 Å². The molecule has 0 heterocycles. The van der Waals surface area contributed by atoms with E-state index in [2.05, 4.69) is 0 Å². The Morgan fingerprint density at radius 2 is 1.75 bits per heavy atom. The molecule has 0 aromatic heterocycles. The maximum absolute atomic E-state index is 13.0. The molecule has 5 heteroatoms. The number of phenolic OH excluding ortho intramolecular Hbond substituents is 1. The van der Waals surface area contributed by atoms with Crippen LogP contribution < -0.4 is 0 Å². The summed E-state index contributed by atoms with van der Waals surface area (Å²) < 4.78 is 13.0. The molecule has 1 N–H and O–H groups in total. The first-order valence-corrected chi connectivity index (χ1v) is 10.0. The van der Waals surface area contributed by atoms with Crippen LogP contribution in [-0.4, -0.2) is 12.5 Å². The number of halogens is 3. The molecule has 1 radical (unpaired) electrons. The van der Waals surface area contributed by atoms with Crippen molar-refractivity contribution < 1.29 is 9.50 Å². The molecule has 0 unspecified atom stereocenters. The van der Waals surface area contributed by atoms with E-state index in [4.69, 9.17) is 22.2 Å². The monoisotopic (exact) mass is 327 g/mol. The zero-order valence-corrected chi connectivity index (χ0v) is 13.3. The van der Waals surface area contributed by atoms with Gasteiger partial charge in [-0.15, -0.1) is 22.2 Å². The summed E-state index contributed by atoms with van der Waals surface area (Å²) in [5.41, 5.74) is 2.96. The van der Waals surface area contributed by atoms with Crippen LogP contribution in [0.25, 0.3) is 11.1 Å². The topological polar surface area (TPSA) is 20.2 Å². The van der Waals surface area contributed by atoms with Crippen molar-refractivity contribution in [3.8, 4) is 16.9 Å². The molecule has 0 saturated heterocycles. The number of rotatable bonds is 5. The van der Waals surface area contributed by atoms with Crippen LogP contribution in [0.1, 0.15) is 12.0 Å². The maximum Gasteiger partial charge on any atom is 0.273 e. The Morgan fingerprint density at radius 3 is 2.40 bits per heavy atom. The minimum atomic E-state index is -1.26. The molecule has 0 bridgehead atoms. The molecular weight excluding hydrogens is 314 g/mol. The molecule has 2 aromatic rings. The van der Waals surface area contributed by atoms with Gasteiger partial charge in [-0.2, -0.15) is 0 Å². The second-order valence-electron chi connectivity index (χ2n) is 4.54. The SMILES string of the molecule is Oc1ccc(-c2ccc(F)cc2)c(CCC[Si](Cl)Cl)c1. The summed E-state index contributed by atoms with van der Waals surface area (Å²) in [5, 5.41) is 9.63. The number of aromatic hydroxyl groups is 1. The third-order valence-electron chi connectivity index (χ3n) is 3.06. The maximum atomic E-state index is 13.0. The van der Waals surface area contributed by atoms with Gasteiger partial charge in [-0.3, -0.25) is 0 Å². The van der Waals surface area contributed by atoms with Gasteiger partial charge in [0.25, 0.3) is 7.42 Å². The van der Waals surface area contributed by atoms with Crippen LogP contribution in [0.4, 0.5) is 4.39 Å². The van der Waals surface area contributed by atoms with Crippen molar-refractivity contribution >= 4 is 29.6 Å². The zero-order valence-electron chi connectivity index (χ0n) is 10.7. The normalized spacial score (nSPS) is 11.0. The van der Waals surface area contributed by atoms with E-state index in [9.17, 15) is 9.50 Å². The fourth-order valence-electron chi connectivity index (χ4n) is 2.11. The lowest BCUT2D eigenvalue weighted by atomic mass is 9.96. The first-order valence-electron chi connectivity index (χ1n) is 6.31. The van der Waals surface area contributed by atoms with Gasteiger partial charge in [-0.1, -0.05) is 18.2 Å². The molecule has 105 valence electrons. The van der Waals surface area contributed by atoms with Gasteiger partial charge in [-0.05, 0) is 59.8 Å². The van der Waals surface area contributed by atoms with Crippen molar-refractivity contribution in [2.24, 2.45) is 0 Å². The van der Waals surface area contributed by atoms with Crippen molar-refractivity contribution in [2.75, 3.05) is 0 Å². The van der Waals surface area contributed by atoms with Gasteiger partial charge in [0.05, 0.1) is 0 Å². The highest BCUT2D eigenvalue weighted by Crippen LogP contribution is 2.28. The zero-order chi connectivity index (χ0) is 14.5. The molecule has 0 aliphatic heterocycles. The lowest BCUT2D eigenvalue weighted by Gasteiger charge is -2.10. The van der Waals surface area contributed by atoms with Crippen LogP contribution in [-0.2, 0) is 6.42 Å². The Labute approximate surface area is 129 Å². The third-order valence-corrected chi connectivity index (χ3v) is 4.92. The van der Waals surface area contributed by atoms with E-state index in [0.29, 0.717) is 0 Å². The molecule has 0 spiro atoms. The Hall–Kier alpha value is -1.03. The molecule has 2 aromatic carbocycles. The number of aryl methyl sites for hydroxylation is 1. The summed E-state index contributed by atoms with van der Waals surface area (Å²) in [5.74, 6) is -0.0289. The Kier molecular flexibility index (Phi) is 5.46. The van der Waals surface area contributed by atoms with Gasteiger partial charge in [0.2, 0.25) is 0 Å². The van der Waals surface area contributed by atoms with E-state index in [1.807, 2.05) is 6.07 Å². The lowest BCUT2D eigenvalue weighted by molar-refractivity contribution is 0.474. The number of hydrogen-bond donors (Lipinski definition) is 1. The highest BCUT2D eigenvalue weighted by atomic mass is 35.7. The number of benzene rings is 2. The van der Waals surface area contributed by atoms with E-state index in [1.54, 1.807) is 24.3 Å². The fraction of sp³-hybridized carbons (Fsp3) is 0.200. The van der Waals surface area contributed by atoms with Gasteiger partial charge in [0, 0.05) is 0 Å². The third kappa shape index (κ3) is 4.23. The quantitative estimate of drug-likeness (QED) is 0.598. The fourth-order valence-corrected chi connectivity index (χ4v) is 3.36. The van der Waals surface area contributed by atoms with Crippen LogP contribution in [0.15, 0.2) is 42.5 Å². The molecule has 0 aliphatic rings. The molecule has 0 saturated carbocycles. The molecule has 0 fully saturated rings. The van der Waals surface area contributed by atoms with Crippen LogP contribution in [0.5, 0.6) is 5.75 Å². The van der Waals surface area contributed by atoms with E-state index < -0.39 is 7.42 Å². The molecular formula is C15H14Cl2FOSi. The molecule has 20 heavy (non-hydrogen) atoms. The Morgan fingerprint density at radius 1 is 1.05 bits per heavy atom. The van der Waals surface area contributed by atoms with Crippen LogP contribution >= 0.6 is 22.2 Å². The van der Waals surface area contributed by atoms with Gasteiger partial charge in [0.1, 0.15) is 11.6 Å². The van der Waals surface area contributed by atoms with E-state index >= 15 is 0 Å². The van der Waals surface area contributed by atoms with Gasteiger partial charge in [0.15, 0.2) is 0 Å². The number of hydrogen-bond acceptors (Lipinski definition) is 1. The van der Waals surface area contributed by atoms with Gasteiger partial charge < -0.3 is 5.11 Å². The summed E-state index contributed by atoms with van der Waals surface area (Å²) in [6.45, 7) is 0. The summed E-state index contributed by atoms with van der Waals surface area (Å²) >= 11 is 11.7. The lowest BCUT2D eigenvalue weighted by Crippen LogP contribution is -1.96. The van der Waals surface area contributed by atoms with E-state index in [0.717, 1.165) is 35.6 Å². The Balaban J connectivity index is 2.25. The summed E-state index contributed by atoms with van der Waals surface area (Å²) in [6.07, 6.45) is 1.66. The summed E-state index contributed by atoms with van der Waals surface area (Å²) in [4.78, 5) is 0. The van der Waals surface area contributed by atoms with Crippen LogP contribution in [0.2, 0.25) is 6.04 Å². The predicted molar refractivity (Wildman–Crippen MR) is 84.1 cm³/mol. The van der Waals surface area contributed by atoms with Gasteiger partial charge >= 0.3 is 0 Å². The number of phenols is 1. The second kappa shape index (κ2) is 7.11. The summed E-state index contributed by atoms with van der Waals surface area (Å²) in [6, 6.07) is 12.4. The minimum Gasteiger partial charge on any atom is -0.508 e.